The van der Waals surface area contributed by atoms with E-state index in [1.54, 1.807) is 0 Å². The number of nitrogens with zero attached hydrogens (tertiary/aromatic N) is 1. The Hall–Kier alpha value is -0.570. The number of rotatable bonds is 6. The molecule has 0 spiro atoms. The maximum absolute atomic E-state index is 5.80. The van der Waals surface area contributed by atoms with Gasteiger partial charge in [0.1, 0.15) is 0 Å². The van der Waals surface area contributed by atoms with E-state index in [0.29, 0.717) is 0 Å². The molecule has 0 fully saturated rings. The molecule has 0 aliphatic rings. The number of nitrogens with one attached hydrogen (secondary N) is 1. The van der Waals surface area contributed by atoms with E-state index in [0.717, 1.165) is 24.7 Å². The zero-order valence-corrected chi connectivity index (χ0v) is 10.2. The molecule has 0 amide bonds. The fourth-order valence-corrected chi connectivity index (χ4v) is 1.48. The monoisotopic (exact) mass is 226 g/mol. The average molecular weight is 227 g/mol. The van der Waals surface area contributed by atoms with Crippen molar-refractivity contribution in [2.45, 2.75) is 13.0 Å². The molecule has 0 radical (unpaired) electrons. The molecule has 0 atom stereocenters. The van der Waals surface area contributed by atoms with Gasteiger partial charge in [0.15, 0.2) is 0 Å². The smallest absolute Gasteiger partial charge is 0.0406 e. The minimum atomic E-state index is 0.798. The minimum absolute atomic E-state index is 0.798. The molecule has 1 aromatic carbocycles. The van der Waals surface area contributed by atoms with Crippen LogP contribution in [0, 0.1) is 0 Å². The Morgan fingerprint density at radius 2 is 1.87 bits per heavy atom. The fourth-order valence-electron chi connectivity index (χ4n) is 1.36. The van der Waals surface area contributed by atoms with Crippen LogP contribution in [0.25, 0.3) is 0 Å². The van der Waals surface area contributed by atoms with E-state index < -0.39 is 0 Å². The molecule has 15 heavy (non-hydrogen) atoms. The summed E-state index contributed by atoms with van der Waals surface area (Å²) in [4.78, 5) is 2.20. The van der Waals surface area contributed by atoms with E-state index in [-0.39, 0.29) is 0 Å². The first-order valence-corrected chi connectivity index (χ1v) is 5.66. The van der Waals surface area contributed by atoms with Gasteiger partial charge in [0.05, 0.1) is 0 Å². The zero-order valence-electron chi connectivity index (χ0n) is 9.46. The molecule has 0 saturated heterocycles. The number of hydrogen-bond donors (Lipinski definition) is 1. The van der Waals surface area contributed by atoms with Crippen molar-refractivity contribution in [3.8, 4) is 0 Å². The van der Waals surface area contributed by atoms with Gasteiger partial charge in [-0.1, -0.05) is 23.7 Å². The zero-order chi connectivity index (χ0) is 11.1. The van der Waals surface area contributed by atoms with Crippen molar-refractivity contribution in [2.75, 3.05) is 27.2 Å². The van der Waals surface area contributed by atoms with Crippen molar-refractivity contribution in [3.63, 3.8) is 0 Å². The maximum Gasteiger partial charge on any atom is 0.0406 e. The quantitative estimate of drug-likeness (QED) is 0.750. The molecule has 0 saturated carbocycles. The molecule has 0 heterocycles. The van der Waals surface area contributed by atoms with E-state index in [4.69, 9.17) is 11.6 Å². The molecule has 0 unspecified atom stereocenters. The lowest BCUT2D eigenvalue weighted by atomic mass is 10.2. The van der Waals surface area contributed by atoms with Crippen molar-refractivity contribution in [1.82, 2.24) is 10.2 Å². The van der Waals surface area contributed by atoms with Gasteiger partial charge in [-0.25, -0.2) is 0 Å². The van der Waals surface area contributed by atoms with Crippen LogP contribution in [0.2, 0.25) is 5.02 Å². The molecule has 0 aromatic heterocycles. The van der Waals surface area contributed by atoms with Crippen LogP contribution in [0.5, 0.6) is 0 Å². The van der Waals surface area contributed by atoms with E-state index in [9.17, 15) is 0 Å². The van der Waals surface area contributed by atoms with Crippen LogP contribution in [-0.4, -0.2) is 32.1 Å². The van der Waals surface area contributed by atoms with Crippen LogP contribution in [-0.2, 0) is 6.54 Å². The van der Waals surface area contributed by atoms with Gasteiger partial charge in [0.25, 0.3) is 0 Å². The van der Waals surface area contributed by atoms with Crippen LogP contribution < -0.4 is 5.32 Å². The second-order valence-corrected chi connectivity index (χ2v) is 4.40. The van der Waals surface area contributed by atoms with Crippen molar-refractivity contribution in [3.05, 3.63) is 34.9 Å². The van der Waals surface area contributed by atoms with Crippen LogP contribution in [0.15, 0.2) is 24.3 Å². The third-order valence-electron chi connectivity index (χ3n) is 2.20. The van der Waals surface area contributed by atoms with E-state index in [1.165, 1.54) is 12.0 Å². The Labute approximate surface area is 97.2 Å². The Bertz CT molecular complexity index is 269. The van der Waals surface area contributed by atoms with Crippen molar-refractivity contribution in [1.29, 1.82) is 0 Å². The number of halogens is 1. The summed E-state index contributed by atoms with van der Waals surface area (Å²) in [6, 6.07) is 7.97. The summed E-state index contributed by atoms with van der Waals surface area (Å²) in [5.74, 6) is 0. The Morgan fingerprint density at radius 3 is 2.47 bits per heavy atom. The van der Waals surface area contributed by atoms with Crippen LogP contribution in [0.1, 0.15) is 12.0 Å². The van der Waals surface area contributed by atoms with Crippen LogP contribution in [0.4, 0.5) is 0 Å². The summed E-state index contributed by atoms with van der Waals surface area (Å²) in [6.45, 7) is 3.11. The molecule has 1 rings (SSSR count). The minimum Gasteiger partial charge on any atom is -0.313 e. The van der Waals surface area contributed by atoms with Gasteiger partial charge in [0.2, 0.25) is 0 Å². The maximum atomic E-state index is 5.80. The van der Waals surface area contributed by atoms with Gasteiger partial charge in [-0.2, -0.15) is 0 Å². The number of benzene rings is 1. The highest BCUT2D eigenvalue weighted by atomic mass is 35.5. The van der Waals surface area contributed by atoms with Gasteiger partial charge in [-0.05, 0) is 51.3 Å². The lowest BCUT2D eigenvalue weighted by Crippen LogP contribution is -2.20. The second-order valence-electron chi connectivity index (χ2n) is 3.96. The van der Waals surface area contributed by atoms with Crippen molar-refractivity contribution in [2.24, 2.45) is 0 Å². The van der Waals surface area contributed by atoms with Gasteiger partial charge >= 0.3 is 0 Å². The standard InChI is InChI=1S/C12H19ClN2/c1-15(2)9-3-8-14-10-11-4-6-12(13)7-5-11/h4-7,14H,3,8-10H2,1-2H3. The largest absolute Gasteiger partial charge is 0.313 e. The number of hydrogen-bond acceptors (Lipinski definition) is 2. The first kappa shape index (κ1) is 12.5. The van der Waals surface area contributed by atoms with E-state index in [2.05, 4.69) is 36.4 Å². The molecule has 2 nitrogen and oxygen atoms in total. The van der Waals surface area contributed by atoms with Gasteiger partial charge in [0, 0.05) is 11.6 Å². The first-order valence-electron chi connectivity index (χ1n) is 5.28. The summed E-state index contributed by atoms with van der Waals surface area (Å²) < 4.78 is 0. The Kier molecular flexibility index (Phi) is 5.69. The molecular formula is C12H19ClN2. The molecule has 1 aromatic rings. The predicted molar refractivity (Wildman–Crippen MR) is 66.3 cm³/mol. The summed E-state index contributed by atoms with van der Waals surface area (Å²) in [6.07, 6.45) is 1.18. The lowest BCUT2D eigenvalue weighted by molar-refractivity contribution is 0.394. The lowest BCUT2D eigenvalue weighted by Gasteiger charge is -2.09. The highest BCUT2D eigenvalue weighted by Crippen LogP contribution is 2.08. The SMILES string of the molecule is CN(C)CCCNCc1ccc(Cl)cc1. The Morgan fingerprint density at radius 1 is 1.20 bits per heavy atom. The molecule has 0 aliphatic carbocycles. The molecule has 0 aliphatic heterocycles. The first-order chi connectivity index (χ1) is 7.18. The van der Waals surface area contributed by atoms with Crippen molar-refractivity contribution >= 4 is 11.6 Å². The van der Waals surface area contributed by atoms with Gasteiger partial charge in [-0.3, -0.25) is 0 Å². The molecule has 0 bridgehead atoms. The van der Waals surface area contributed by atoms with Crippen LogP contribution in [0.3, 0.4) is 0 Å². The highest BCUT2D eigenvalue weighted by Gasteiger charge is 1.93. The topological polar surface area (TPSA) is 15.3 Å². The van der Waals surface area contributed by atoms with E-state index >= 15 is 0 Å². The molecule has 84 valence electrons. The van der Waals surface area contributed by atoms with Gasteiger partial charge < -0.3 is 10.2 Å². The van der Waals surface area contributed by atoms with Gasteiger partial charge in [-0.15, -0.1) is 0 Å². The average Bonchev–Trinajstić information content (AvgIpc) is 2.20. The molecule has 1 N–H and O–H groups in total. The predicted octanol–water partition coefficient (Wildman–Crippen LogP) is 2.38. The summed E-state index contributed by atoms with van der Waals surface area (Å²) in [7, 11) is 4.19. The molecular weight excluding hydrogens is 208 g/mol. The highest BCUT2D eigenvalue weighted by molar-refractivity contribution is 6.30. The molecule has 3 heteroatoms. The third kappa shape index (κ3) is 5.78. The second kappa shape index (κ2) is 6.83. The summed E-state index contributed by atoms with van der Waals surface area (Å²) in [5.41, 5.74) is 1.28. The van der Waals surface area contributed by atoms with Crippen LogP contribution >= 0.6 is 11.6 Å². The summed E-state index contributed by atoms with van der Waals surface area (Å²) >= 11 is 5.80. The summed E-state index contributed by atoms with van der Waals surface area (Å²) in [5, 5.41) is 4.20. The normalized spacial score (nSPS) is 10.9. The fraction of sp³-hybridized carbons (Fsp3) is 0.500. The Balaban J connectivity index is 2.12. The van der Waals surface area contributed by atoms with Crippen molar-refractivity contribution < 1.29 is 0 Å². The third-order valence-corrected chi connectivity index (χ3v) is 2.45. The van der Waals surface area contributed by atoms with E-state index in [1.807, 2.05) is 12.1 Å².